The molecular weight excluding hydrogens is 379 g/mol. The SMILES string of the molecule is CC(Nc1ccc(Br)c([N+](=O)[O-])c1)c1ccc(Cl)c(Cl)c1. The van der Waals surface area contributed by atoms with Crippen molar-refractivity contribution in [3.63, 3.8) is 0 Å². The molecule has 21 heavy (non-hydrogen) atoms. The number of nitrogens with one attached hydrogen (secondary N) is 1. The second kappa shape index (κ2) is 6.64. The van der Waals surface area contributed by atoms with Gasteiger partial charge in [-0.25, -0.2) is 0 Å². The molecule has 0 aromatic heterocycles. The summed E-state index contributed by atoms with van der Waals surface area (Å²) in [6, 6.07) is 10.2. The number of anilines is 1. The molecule has 0 heterocycles. The van der Waals surface area contributed by atoms with Crippen molar-refractivity contribution in [3.05, 3.63) is 66.6 Å². The maximum Gasteiger partial charge on any atom is 0.285 e. The number of nitro benzene ring substituents is 1. The highest BCUT2D eigenvalue weighted by Gasteiger charge is 2.14. The first kappa shape index (κ1) is 16.1. The molecule has 0 saturated carbocycles. The van der Waals surface area contributed by atoms with Gasteiger partial charge in [-0.05, 0) is 52.7 Å². The fraction of sp³-hybridized carbons (Fsp3) is 0.143. The fourth-order valence-electron chi connectivity index (χ4n) is 1.86. The summed E-state index contributed by atoms with van der Waals surface area (Å²) in [6.07, 6.45) is 0. The zero-order valence-corrected chi connectivity index (χ0v) is 14.0. The van der Waals surface area contributed by atoms with Crippen LogP contribution in [0.15, 0.2) is 40.9 Å². The first-order valence-electron chi connectivity index (χ1n) is 6.04. The summed E-state index contributed by atoms with van der Waals surface area (Å²) < 4.78 is 0.445. The van der Waals surface area contributed by atoms with Crippen LogP contribution in [-0.2, 0) is 0 Å². The van der Waals surface area contributed by atoms with Crippen molar-refractivity contribution in [3.8, 4) is 0 Å². The van der Waals surface area contributed by atoms with E-state index in [-0.39, 0.29) is 11.7 Å². The smallest absolute Gasteiger partial charge is 0.285 e. The largest absolute Gasteiger partial charge is 0.378 e. The maximum atomic E-state index is 10.9. The summed E-state index contributed by atoms with van der Waals surface area (Å²) in [5.74, 6) is 0. The molecule has 0 spiro atoms. The van der Waals surface area contributed by atoms with Crippen LogP contribution in [0.5, 0.6) is 0 Å². The van der Waals surface area contributed by atoms with Gasteiger partial charge in [0.25, 0.3) is 5.69 Å². The lowest BCUT2D eigenvalue weighted by atomic mass is 10.1. The van der Waals surface area contributed by atoms with Crippen molar-refractivity contribution in [1.29, 1.82) is 0 Å². The molecule has 2 rings (SSSR count). The molecule has 0 aliphatic carbocycles. The van der Waals surface area contributed by atoms with E-state index in [1.807, 2.05) is 13.0 Å². The van der Waals surface area contributed by atoms with Gasteiger partial charge in [0.1, 0.15) is 0 Å². The van der Waals surface area contributed by atoms with E-state index in [1.165, 1.54) is 6.07 Å². The van der Waals surface area contributed by atoms with Crippen molar-refractivity contribution < 1.29 is 4.92 Å². The average Bonchev–Trinajstić information content (AvgIpc) is 2.43. The first-order chi connectivity index (χ1) is 9.88. The Balaban J connectivity index is 2.23. The van der Waals surface area contributed by atoms with E-state index in [0.29, 0.717) is 20.2 Å². The molecule has 0 radical (unpaired) electrons. The Morgan fingerprint density at radius 2 is 1.90 bits per heavy atom. The molecule has 110 valence electrons. The summed E-state index contributed by atoms with van der Waals surface area (Å²) in [4.78, 5) is 10.5. The molecule has 2 aromatic carbocycles. The number of rotatable bonds is 4. The lowest BCUT2D eigenvalue weighted by molar-refractivity contribution is -0.385. The highest BCUT2D eigenvalue weighted by molar-refractivity contribution is 9.10. The molecule has 0 saturated heterocycles. The zero-order chi connectivity index (χ0) is 15.6. The fourth-order valence-corrected chi connectivity index (χ4v) is 2.56. The van der Waals surface area contributed by atoms with Crippen molar-refractivity contribution in [1.82, 2.24) is 0 Å². The molecule has 2 aromatic rings. The molecule has 1 atom stereocenters. The van der Waals surface area contributed by atoms with E-state index in [1.54, 1.807) is 24.3 Å². The second-order valence-electron chi connectivity index (χ2n) is 4.46. The third kappa shape index (κ3) is 3.87. The van der Waals surface area contributed by atoms with E-state index in [9.17, 15) is 10.1 Å². The lowest BCUT2D eigenvalue weighted by Crippen LogP contribution is -2.07. The van der Waals surface area contributed by atoms with Crippen LogP contribution in [-0.4, -0.2) is 4.92 Å². The van der Waals surface area contributed by atoms with E-state index < -0.39 is 4.92 Å². The van der Waals surface area contributed by atoms with Crippen LogP contribution in [0.4, 0.5) is 11.4 Å². The quantitative estimate of drug-likeness (QED) is 0.528. The monoisotopic (exact) mass is 388 g/mol. The minimum Gasteiger partial charge on any atom is -0.378 e. The van der Waals surface area contributed by atoms with Crippen LogP contribution in [0, 0.1) is 10.1 Å². The molecule has 0 aliphatic heterocycles. The van der Waals surface area contributed by atoms with Crippen LogP contribution >= 0.6 is 39.1 Å². The minimum absolute atomic E-state index is 0.0151. The summed E-state index contributed by atoms with van der Waals surface area (Å²) in [7, 11) is 0. The average molecular weight is 390 g/mol. The van der Waals surface area contributed by atoms with Gasteiger partial charge < -0.3 is 5.32 Å². The molecule has 0 bridgehead atoms. The van der Waals surface area contributed by atoms with Gasteiger partial charge in [0.05, 0.1) is 19.4 Å². The number of benzene rings is 2. The van der Waals surface area contributed by atoms with Crippen molar-refractivity contribution in [2.24, 2.45) is 0 Å². The van der Waals surface area contributed by atoms with E-state index >= 15 is 0 Å². The van der Waals surface area contributed by atoms with E-state index in [2.05, 4.69) is 21.2 Å². The summed E-state index contributed by atoms with van der Waals surface area (Å²) in [5, 5.41) is 15.1. The topological polar surface area (TPSA) is 55.2 Å². The van der Waals surface area contributed by atoms with Crippen LogP contribution in [0.25, 0.3) is 0 Å². The number of hydrogen-bond acceptors (Lipinski definition) is 3. The molecule has 4 nitrogen and oxygen atoms in total. The lowest BCUT2D eigenvalue weighted by Gasteiger charge is -2.16. The Kier molecular flexibility index (Phi) is 5.08. The summed E-state index contributed by atoms with van der Waals surface area (Å²) in [6.45, 7) is 1.94. The summed E-state index contributed by atoms with van der Waals surface area (Å²) in [5.41, 5.74) is 1.61. The van der Waals surface area contributed by atoms with Crippen LogP contribution in [0.1, 0.15) is 18.5 Å². The normalized spacial score (nSPS) is 12.0. The van der Waals surface area contributed by atoms with Gasteiger partial charge in [-0.15, -0.1) is 0 Å². The molecule has 1 unspecified atom stereocenters. The molecule has 0 aliphatic rings. The minimum atomic E-state index is -0.431. The maximum absolute atomic E-state index is 10.9. The Hall–Kier alpha value is -1.30. The predicted octanol–water partition coefficient (Wildman–Crippen LogP) is 5.84. The zero-order valence-electron chi connectivity index (χ0n) is 10.9. The van der Waals surface area contributed by atoms with E-state index in [0.717, 1.165) is 5.56 Å². The van der Waals surface area contributed by atoms with Gasteiger partial charge in [-0.1, -0.05) is 29.3 Å². The van der Waals surface area contributed by atoms with Gasteiger partial charge in [-0.2, -0.15) is 0 Å². The Morgan fingerprint density at radius 1 is 1.19 bits per heavy atom. The molecule has 7 heteroatoms. The second-order valence-corrected chi connectivity index (χ2v) is 6.13. The number of hydrogen-bond donors (Lipinski definition) is 1. The Morgan fingerprint density at radius 3 is 2.52 bits per heavy atom. The predicted molar refractivity (Wildman–Crippen MR) is 89.3 cm³/mol. The highest BCUT2D eigenvalue weighted by atomic mass is 79.9. The Labute approximate surface area is 140 Å². The van der Waals surface area contributed by atoms with Crippen molar-refractivity contribution in [2.75, 3.05) is 5.32 Å². The third-order valence-electron chi connectivity index (χ3n) is 2.97. The highest BCUT2D eigenvalue weighted by Crippen LogP contribution is 2.31. The number of nitrogens with zero attached hydrogens (tertiary/aromatic N) is 1. The third-order valence-corrected chi connectivity index (χ3v) is 4.38. The van der Waals surface area contributed by atoms with Crippen molar-refractivity contribution in [2.45, 2.75) is 13.0 Å². The molecule has 1 N–H and O–H groups in total. The van der Waals surface area contributed by atoms with Crippen LogP contribution in [0.3, 0.4) is 0 Å². The van der Waals surface area contributed by atoms with Gasteiger partial charge in [0, 0.05) is 17.8 Å². The van der Waals surface area contributed by atoms with Gasteiger partial charge in [0.15, 0.2) is 0 Å². The van der Waals surface area contributed by atoms with E-state index in [4.69, 9.17) is 23.2 Å². The number of halogens is 3. The van der Waals surface area contributed by atoms with Crippen molar-refractivity contribution >= 4 is 50.5 Å². The van der Waals surface area contributed by atoms with Gasteiger partial charge >= 0.3 is 0 Å². The van der Waals surface area contributed by atoms with Crippen LogP contribution < -0.4 is 5.32 Å². The standard InChI is InChI=1S/C14H11BrCl2N2O2/c1-8(9-2-5-12(16)13(17)6-9)18-10-3-4-11(15)14(7-10)19(20)21/h2-8,18H,1H3. The van der Waals surface area contributed by atoms with Gasteiger partial charge in [-0.3, -0.25) is 10.1 Å². The van der Waals surface area contributed by atoms with Crippen LogP contribution in [0.2, 0.25) is 10.0 Å². The summed E-state index contributed by atoms with van der Waals surface area (Å²) >= 11 is 15.0. The van der Waals surface area contributed by atoms with Gasteiger partial charge in [0.2, 0.25) is 0 Å². The Bertz CT molecular complexity index is 695. The molecule has 0 fully saturated rings. The molecule has 0 amide bonds. The number of nitro groups is 1. The first-order valence-corrected chi connectivity index (χ1v) is 7.59. The molecular formula is C14H11BrCl2N2O2.